The number of anilines is 1. The van der Waals surface area contributed by atoms with E-state index in [1.54, 1.807) is 19.1 Å². The molecule has 5 heteroatoms. The molecule has 0 aromatic heterocycles. The summed E-state index contributed by atoms with van der Waals surface area (Å²) in [6.45, 7) is 1.54. The zero-order valence-electron chi connectivity index (χ0n) is 7.66. The Morgan fingerprint density at radius 2 is 2.21 bits per heavy atom. The Hall–Kier alpha value is -1.42. The van der Waals surface area contributed by atoms with Crippen molar-refractivity contribution in [1.29, 1.82) is 0 Å². The third kappa shape index (κ3) is 2.53. The summed E-state index contributed by atoms with van der Waals surface area (Å²) in [7, 11) is 0. The number of primary amides is 1. The summed E-state index contributed by atoms with van der Waals surface area (Å²) in [5.74, 6) is -0.187. The number of nitrogen functional groups attached to an aromatic ring is 1. The molecule has 0 fully saturated rings. The van der Waals surface area contributed by atoms with Gasteiger partial charge in [-0.1, -0.05) is 11.6 Å². The van der Waals surface area contributed by atoms with Crippen molar-refractivity contribution in [2.75, 3.05) is 5.73 Å². The lowest BCUT2D eigenvalue weighted by molar-refractivity contribution is -0.123. The van der Waals surface area contributed by atoms with Crippen LogP contribution in [0.1, 0.15) is 6.92 Å². The molecule has 0 aliphatic carbocycles. The van der Waals surface area contributed by atoms with E-state index in [0.717, 1.165) is 0 Å². The molecule has 1 rings (SSSR count). The number of hydrogen-bond donors (Lipinski definition) is 2. The van der Waals surface area contributed by atoms with E-state index in [-0.39, 0.29) is 0 Å². The molecule has 4 nitrogen and oxygen atoms in total. The lowest BCUT2D eigenvalue weighted by Crippen LogP contribution is -2.30. The third-order valence-corrected chi connectivity index (χ3v) is 1.92. The average molecular weight is 215 g/mol. The Morgan fingerprint density at radius 1 is 1.57 bits per heavy atom. The van der Waals surface area contributed by atoms with Gasteiger partial charge in [-0.25, -0.2) is 0 Å². The fourth-order valence-corrected chi connectivity index (χ4v) is 1.02. The van der Waals surface area contributed by atoms with E-state index in [9.17, 15) is 4.79 Å². The van der Waals surface area contributed by atoms with Crippen LogP contribution in [0.5, 0.6) is 5.75 Å². The van der Waals surface area contributed by atoms with E-state index < -0.39 is 12.0 Å². The topological polar surface area (TPSA) is 78.3 Å². The van der Waals surface area contributed by atoms with Crippen molar-refractivity contribution in [3.8, 4) is 5.75 Å². The van der Waals surface area contributed by atoms with Gasteiger partial charge in [-0.05, 0) is 19.1 Å². The Bertz CT molecular complexity index is 355. The number of carbonyl (C=O) groups is 1. The zero-order chi connectivity index (χ0) is 10.7. The van der Waals surface area contributed by atoms with E-state index in [1.807, 2.05) is 0 Å². The highest BCUT2D eigenvalue weighted by Crippen LogP contribution is 2.26. The molecular weight excluding hydrogens is 204 g/mol. The lowest BCUT2D eigenvalue weighted by atomic mass is 10.3. The van der Waals surface area contributed by atoms with Gasteiger partial charge in [-0.15, -0.1) is 0 Å². The first-order valence-electron chi connectivity index (χ1n) is 4.01. The van der Waals surface area contributed by atoms with Crippen LogP contribution in [0.2, 0.25) is 5.02 Å². The first kappa shape index (κ1) is 10.7. The predicted molar refractivity (Wildman–Crippen MR) is 55.1 cm³/mol. The molecule has 1 aromatic carbocycles. The molecule has 14 heavy (non-hydrogen) atoms. The first-order valence-corrected chi connectivity index (χ1v) is 4.39. The zero-order valence-corrected chi connectivity index (χ0v) is 8.41. The molecule has 0 spiro atoms. The monoisotopic (exact) mass is 214 g/mol. The van der Waals surface area contributed by atoms with Gasteiger partial charge < -0.3 is 16.2 Å². The van der Waals surface area contributed by atoms with Crippen LogP contribution in [0, 0.1) is 0 Å². The van der Waals surface area contributed by atoms with Crippen LogP contribution in [-0.2, 0) is 4.79 Å². The maximum atomic E-state index is 10.7. The van der Waals surface area contributed by atoms with Crippen LogP contribution in [0.3, 0.4) is 0 Å². The van der Waals surface area contributed by atoms with Gasteiger partial charge >= 0.3 is 0 Å². The molecule has 4 N–H and O–H groups in total. The maximum absolute atomic E-state index is 10.7. The molecule has 0 saturated carbocycles. The molecule has 0 saturated heterocycles. The summed E-state index contributed by atoms with van der Waals surface area (Å²) in [5.41, 5.74) is 11.1. The number of nitrogens with two attached hydrogens (primary N) is 2. The molecule has 0 bridgehead atoms. The summed E-state index contributed by atoms with van der Waals surface area (Å²) in [6.07, 6.45) is -0.726. The molecule has 0 aliphatic heterocycles. The Balaban J connectivity index is 2.85. The SMILES string of the molecule is CC(Oc1cc(Cl)ccc1N)C(N)=O. The molecule has 1 amide bonds. The van der Waals surface area contributed by atoms with Crippen molar-refractivity contribution in [2.24, 2.45) is 5.73 Å². The van der Waals surface area contributed by atoms with E-state index in [0.29, 0.717) is 16.5 Å². The number of ether oxygens (including phenoxy) is 1. The van der Waals surface area contributed by atoms with Gasteiger partial charge in [0.15, 0.2) is 6.10 Å². The Morgan fingerprint density at radius 3 is 2.79 bits per heavy atom. The third-order valence-electron chi connectivity index (χ3n) is 1.68. The van der Waals surface area contributed by atoms with Crippen LogP contribution in [-0.4, -0.2) is 12.0 Å². The van der Waals surface area contributed by atoms with Crippen molar-refractivity contribution in [2.45, 2.75) is 13.0 Å². The highest BCUT2D eigenvalue weighted by molar-refractivity contribution is 6.30. The first-order chi connectivity index (χ1) is 6.50. The number of carbonyl (C=O) groups excluding carboxylic acids is 1. The van der Waals surface area contributed by atoms with Crippen LogP contribution in [0.15, 0.2) is 18.2 Å². The van der Waals surface area contributed by atoms with Crippen LogP contribution in [0.25, 0.3) is 0 Å². The fraction of sp³-hybridized carbons (Fsp3) is 0.222. The van der Waals surface area contributed by atoms with Crippen LogP contribution < -0.4 is 16.2 Å². The highest BCUT2D eigenvalue weighted by atomic mass is 35.5. The lowest BCUT2D eigenvalue weighted by Gasteiger charge is -2.13. The van der Waals surface area contributed by atoms with Crippen molar-refractivity contribution in [3.63, 3.8) is 0 Å². The fourth-order valence-electron chi connectivity index (χ4n) is 0.859. The Labute approximate surface area is 86.8 Å². The minimum atomic E-state index is -0.726. The van der Waals surface area contributed by atoms with Gasteiger partial charge in [0.05, 0.1) is 5.69 Å². The van der Waals surface area contributed by atoms with Gasteiger partial charge in [0.1, 0.15) is 5.75 Å². The van der Waals surface area contributed by atoms with E-state index in [2.05, 4.69) is 0 Å². The number of amides is 1. The van der Waals surface area contributed by atoms with E-state index in [4.69, 9.17) is 27.8 Å². The predicted octanol–water partition coefficient (Wildman–Crippen LogP) is 1.17. The largest absolute Gasteiger partial charge is 0.479 e. The van der Waals surface area contributed by atoms with Crippen molar-refractivity contribution >= 4 is 23.2 Å². The highest BCUT2D eigenvalue weighted by Gasteiger charge is 2.12. The second kappa shape index (κ2) is 4.19. The van der Waals surface area contributed by atoms with Crippen molar-refractivity contribution in [3.05, 3.63) is 23.2 Å². The quantitative estimate of drug-likeness (QED) is 0.742. The van der Waals surface area contributed by atoms with Crippen LogP contribution >= 0.6 is 11.6 Å². The molecule has 0 heterocycles. The maximum Gasteiger partial charge on any atom is 0.258 e. The van der Waals surface area contributed by atoms with Crippen LogP contribution in [0.4, 0.5) is 5.69 Å². The standard InChI is InChI=1S/C9H11ClN2O2/c1-5(9(12)13)14-8-4-6(10)2-3-7(8)11/h2-5H,11H2,1H3,(H2,12,13). The summed E-state index contributed by atoms with van der Waals surface area (Å²) in [5, 5.41) is 0.492. The molecule has 1 aromatic rings. The molecule has 0 radical (unpaired) electrons. The van der Waals surface area contributed by atoms with E-state index >= 15 is 0 Å². The molecule has 0 aliphatic rings. The number of hydrogen-bond acceptors (Lipinski definition) is 3. The average Bonchev–Trinajstić information content (AvgIpc) is 2.11. The summed E-state index contributed by atoms with van der Waals surface area (Å²) < 4.78 is 5.20. The molecule has 1 atom stereocenters. The molecule has 76 valence electrons. The van der Waals surface area contributed by atoms with Crippen molar-refractivity contribution < 1.29 is 9.53 Å². The second-order valence-electron chi connectivity index (χ2n) is 2.84. The number of halogens is 1. The van der Waals surface area contributed by atoms with Crippen molar-refractivity contribution in [1.82, 2.24) is 0 Å². The normalized spacial score (nSPS) is 12.1. The minimum Gasteiger partial charge on any atom is -0.479 e. The van der Waals surface area contributed by atoms with Gasteiger partial charge in [0, 0.05) is 11.1 Å². The van der Waals surface area contributed by atoms with Gasteiger partial charge in [-0.3, -0.25) is 4.79 Å². The number of benzene rings is 1. The molecular formula is C9H11ClN2O2. The summed E-state index contributed by atoms with van der Waals surface area (Å²) >= 11 is 5.73. The molecule has 1 unspecified atom stereocenters. The smallest absolute Gasteiger partial charge is 0.258 e. The summed E-state index contributed by atoms with van der Waals surface area (Å²) in [6, 6.07) is 4.78. The van der Waals surface area contributed by atoms with Gasteiger partial charge in [-0.2, -0.15) is 0 Å². The van der Waals surface area contributed by atoms with Gasteiger partial charge in [0.25, 0.3) is 5.91 Å². The second-order valence-corrected chi connectivity index (χ2v) is 3.28. The number of rotatable bonds is 3. The Kier molecular flexibility index (Phi) is 3.19. The minimum absolute atomic E-state index is 0.365. The van der Waals surface area contributed by atoms with E-state index in [1.165, 1.54) is 6.07 Å². The van der Waals surface area contributed by atoms with Gasteiger partial charge in [0.2, 0.25) is 0 Å². The summed E-state index contributed by atoms with van der Waals surface area (Å²) in [4.78, 5) is 10.7.